The van der Waals surface area contributed by atoms with Gasteiger partial charge in [-0.25, -0.2) is 9.97 Å². The fourth-order valence-corrected chi connectivity index (χ4v) is 5.42. The molecule has 1 N–H and O–H groups in total. The Bertz CT molecular complexity index is 1430. The molecule has 1 atom stereocenters. The van der Waals surface area contributed by atoms with Crippen LogP contribution in [0.5, 0.6) is 0 Å². The number of hydrogen-bond donors (Lipinski definition) is 1. The Morgan fingerprint density at radius 1 is 1.11 bits per heavy atom. The maximum Gasteiger partial charge on any atom is 0.274 e. The van der Waals surface area contributed by atoms with Crippen molar-refractivity contribution < 1.29 is 9.59 Å². The summed E-state index contributed by atoms with van der Waals surface area (Å²) in [6.07, 6.45) is 3.94. The normalized spacial score (nSPS) is 14.5. The van der Waals surface area contributed by atoms with E-state index in [4.69, 9.17) is 0 Å². The highest BCUT2D eigenvalue weighted by molar-refractivity contribution is 7.18. The third-order valence-electron chi connectivity index (χ3n) is 6.36. The van der Waals surface area contributed by atoms with Gasteiger partial charge in [-0.15, -0.1) is 11.3 Å². The van der Waals surface area contributed by atoms with Gasteiger partial charge < -0.3 is 10.2 Å². The van der Waals surface area contributed by atoms with Crippen LogP contribution >= 0.6 is 11.3 Å². The summed E-state index contributed by atoms with van der Waals surface area (Å²) < 4.78 is 0.687. The molecule has 8 nitrogen and oxygen atoms in total. The first-order valence-electron chi connectivity index (χ1n) is 12.0. The number of rotatable bonds is 7. The van der Waals surface area contributed by atoms with E-state index in [1.54, 1.807) is 17.3 Å². The predicted molar refractivity (Wildman–Crippen MR) is 140 cm³/mol. The van der Waals surface area contributed by atoms with Gasteiger partial charge in [-0.2, -0.15) is 4.98 Å². The highest BCUT2D eigenvalue weighted by Gasteiger charge is 2.35. The number of ketones is 1. The van der Waals surface area contributed by atoms with E-state index in [9.17, 15) is 9.59 Å². The number of Topliss-reactive ketones (excluding diaryl/α,β-unsaturated/α-hetero) is 1. The SMILES string of the molecule is Cc1cc(C)cc(C(=O)CC2CN(C(=O)c3nc(NC(C)c4cccnc4)nc4nc(C)sc34)C2)c1. The molecule has 1 fully saturated rings. The van der Waals surface area contributed by atoms with Gasteiger partial charge in [-0.3, -0.25) is 14.6 Å². The van der Waals surface area contributed by atoms with E-state index in [1.165, 1.54) is 11.3 Å². The topological polar surface area (TPSA) is 101 Å². The maximum absolute atomic E-state index is 13.4. The molecule has 9 heteroatoms. The van der Waals surface area contributed by atoms with E-state index in [0.717, 1.165) is 27.3 Å². The first-order valence-corrected chi connectivity index (χ1v) is 12.8. The molecule has 5 rings (SSSR count). The van der Waals surface area contributed by atoms with Crippen LogP contribution in [0.2, 0.25) is 0 Å². The molecule has 1 aromatic carbocycles. The number of carbonyl (C=O) groups excluding carboxylic acids is 2. The van der Waals surface area contributed by atoms with Crippen LogP contribution in [0.25, 0.3) is 10.3 Å². The Balaban J connectivity index is 1.30. The van der Waals surface area contributed by atoms with E-state index in [-0.39, 0.29) is 23.7 Å². The van der Waals surface area contributed by atoms with Crippen molar-refractivity contribution in [2.24, 2.45) is 5.92 Å². The molecule has 1 unspecified atom stereocenters. The molecule has 1 amide bonds. The van der Waals surface area contributed by atoms with Gasteiger partial charge in [0, 0.05) is 43.4 Å². The summed E-state index contributed by atoms with van der Waals surface area (Å²) in [5.41, 5.74) is 4.76. The second kappa shape index (κ2) is 9.73. The van der Waals surface area contributed by atoms with Crippen molar-refractivity contribution in [2.75, 3.05) is 18.4 Å². The number of aryl methyl sites for hydroxylation is 3. The summed E-state index contributed by atoms with van der Waals surface area (Å²) in [5.74, 6) is 0.469. The number of benzene rings is 1. The fraction of sp³-hybridized carbons (Fsp3) is 0.333. The van der Waals surface area contributed by atoms with Crippen molar-refractivity contribution in [3.63, 3.8) is 0 Å². The van der Waals surface area contributed by atoms with Gasteiger partial charge in [0.1, 0.15) is 4.70 Å². The molecule has 0 bridgehead atoms. The first kappa shape index (κ1) is 24.0. The zero-order valence-electron chi connectivity index (χ0n) is 20.8. The van der Waals surface area contributed by atoms with Crippen LogP contribution in [0.15, 0.2) is 42.7 Å². The summed E-state index contributed by atoms with van der Waals surface area (Å²) in [6.45, 7) is 8.95. The summed E-state index contributed by atoms with van der Waals surface area (Å²) >= 11 is 1.42. The number of anilines is 1. The smallest absolute Gasteiger partial charge is 0.274 e. The molecule has 0 aliphatic carbocycles. The summed E-state index contributed by atoms with van der Waals surface area (Å²) in [6, 6.07) is 9.68. The first-order chi connectivity index (χ1) is 17.3. The van der Waals surface area contributed by atoms with E-state index in [0.29, 0.717) is 41.5 Å². The van der Waals surface area contributed by atoms with Crippen molar-refractivity contribution in [2.45, 2.75) is 40.2 Å². The molecule has 36 heavy (non-hydrogen) atoms. The summed E-state index contributed by atoms with van der Waals surface area (Å²) in [7, 11) is 0. The quantitative estimate of drug-likeness (QED) is 0.359. The molecule has 0 saturated carbocycles. The van der Waals surface area contributed by atoms with Crippen LogP contribution in [0.1, 0.15) is 61.9 Å². The largest absolute Gasteiger partial charge is 0.348 e. The molecule has 184 valence electrons. The van der Waals surface area contributed by atoms with Crippen LogP contribution in [-0.4, -0.2) is 49.6 Å². The van der Waals surface area contributed by atoms with E-state index >= 15 is 0 Å². The van der Waals surface area contributed by atoms with Crippen LogP contribution in [-0.2, 0) is 0 Å². The number of nitrogens with one attached hydrogen (secondary N) is 1. The minimum absolute atomic E-state index is 0.0940. The van der Waals surface area contributed by atoms with Crippen LogP contribution < -0.4 is 5.32 Å². The number of thiazole rings is 1. The van der Waals surface area contributed by atoms with Crippen LogP contribution in [0, 0.1) is 26.7 Å². The van der Waals surface area contributed by atoms with E-state index < -0.39 is 0 Å². The Hall–Kier alpha value is -3.72. The van der Waals surface area contributed by atoms with Gasteiger partial charge in [-0.1, -0.05) is 23.3 Å². The predicted octanol–water partition coefficient (Wildman–Crippen LogP) is 4.92. The number of nitrogens with zero attached hydrogens (tertiary/aromatic N) is 5. The van der Waals surface area contributed by atoms with Gasteiger partial charge in [-0.05, 0) is 51.5 Å². The Morgan fingerprint density at radius 2 is 1.86 bits per heavy atom. The number of hydrogen-bond acceptors (Lipinski definition) is 8. The van der Waals surface area contributed by atoms with Gasteiger partial charge in [0.2, 0.25) is 5.95 Å². The third-order valence-corrected chi connectivity index (χ3v) is 7.32. The van der Waals surface area contributed by atoms with Gasteiger partial charge in [0.15, 0.2) is 17.1 Å². The number of aromatic nitrogens is 4. The van der Waals surface area contributed by atoms with Crippen molar-refractivity contribution in [3.05, 3.63) is 75.7 Å². The average Bonchev–Trinajstić information content (AvgIpc) is 3.20. The highest BCUT2D eigenvalue weighted by Crippen LogP contribution is 2.30. The number of pyridine rings is 1. The minimum Gasteiger partial charge on any atom is -0.348 e. The molecule has 1 aliphatic rings. The van der Waals surface area contributed by atoms with E-state index in [1.807, 2.05) is 52.0 Å². The molecule has 0 radical (unpaired) electrons. The van der Waals surface area contributed by atoms with Gasteiger partial charge in [0.25, 0.3) is 5.91 Å². The molecule has 4 aromatic rings. The lowest BCUT2D eigenvalue weighted by Crippen LogP contribution is -2.50. The van der Waals surface area contributed by atoms with E-state index in [2.05, 4.69) is 31.3 Å². The van der Waals surface area contributed by atoms with Crippen molar-refractivity contribution in [1.82, 2.24) is 24.8 Å². The van der Waals surface area contributed by atoms with Crippen LogP contribution in [0.3, 0.4) is 0 Å². The lowest BCUT2D eigenvalue weighted by Gasteiger charge is -2.38. The van der Waals surface area contributed by atoms with Crippen molar-refractivity contribution >= 4 is 39.3 Å². The van der Waals surface area contributed by atoms with Gasteiger partial charge in [0.05, 0.1) is 11.0 Å². The maximum atomic E-state index is 13.4. The number of amides is 1. The summed E-state index contributed by atoms with van der Waals surface area (Å²) in [4.78, 5) is 45.8. The van der Waals surface area contributed by atoms with Crippen molar-refractivity contribution in [3.8, 4) is 0 Å². The molecule has 1 aliphatic heterocycles. The molecule has 3 aromatic heterocycles. The van der Waals surface area contributed by atoms with Crippen molar-refractivity contribution in [1.29, 1.82) is 0 Å². The zero-order chi connectivity index (χ0) is 25.4. The molecule has 1 saturated heterocycles. The van der Waals surface area contributed by atoms with Gasteiger partial charge >= 0.3 is 0 Å². The van der Waals surface area contributed by atoms with Crippen LogP contribution in [0.4, 0.5) is 5.95 Å². The lowest BCUT2D eigenvalue weighted by atomic mass is 9.90. The second-order valence-corrected chi connectivity index (χ2v) is 10.7. The third kappa shape index (κ3) is 4.97. The molecule has 4 heterocycles. The Morgan fingerprint density at radius 3 is 2.56 bits per heavy atom. The standard InChI is InChI=1S/C27H28N6O2S/c1-15-8-16(2)10-21(9-15)22(34)11-19-13-33(14-19)26(35)23-24-25(30-18(4)36-24)32-27(31-23)29-17(3)20-6-5-7-28-12-20/h5-10,12,17,19H,11,13-14H2,1-4H3,(H,29,31,32). The monoisotopic (exact) mass is 500 g/mol. The lowest BCUT2D eigenvalue weighted by molar-refractivity contribution is 0.0466. The number of likely N-dealkylation sites (tertiary alicyclic amines) is 1. The fourth-order valence-electron chi connectivity index (χ4n) is 4.58. The highest BCUT2D eigenvalue weighted by atomic mass is 32.1. The molecular formula is C27H28N6O2S. The summed E-state index contributed by atoms with van der Waals surface area (Å²) in [5, 5.41) is 4.10. The average molecular weight is 501 g/mol. The molecular weight excluding hydrogens is 472 g/mol. The molecule has 0 spiro atoms. The second-order valence-electron chi connectivity index (χ2n) is 9.51. The Labute approximate surface area is 213 Å². The Kier molecular flexibility index (Phi) is 6.49. The number of fused-ring (bicyclic) bond motifs is 1. The minimum atomic E-state index is -0.154. The zero-order valence-corrected chi connectivity index (χ0v) is 21.6. The number of carbonyl (C=O) groups is 2.